The predicted molar refractivity (Wildman–Crippen MR) is 114 cm³/mol. The van der Waals surface area contributed by atoms with Gasteiger partial charge in [-0.25, -0.2) is 13.1 Å². The van der Waals surface area contributed by atoms with Gasteiger partial charge >= 0.3 is 0 Å². The van der Waals surface area contributed by atoms with Crippen LogP contribution in [-0.4, -0.2) is 31.8 Å². The van der Waals surface area contributed by atoms with E-state index in [1.54, 1.807) is 41.3 Å². The number of amides is 1. The Bertz CT molecular complexity index is 977. The minimum atomic E-state index is -3.47. The maximum Gasteiger partial charge on any atom is 0.247 e. The number of carbonyl (C=O) groups is 1. The van der Waals surface area contributed by atoms with Crippen LogP contribution in [0.4, 0.5) is 0 Å². The second-order valence-corrected chi connectivity index (χ2v) is 10.0. The molecular weight excluding hydrogens is 416 g/mol. The molecule has 0 atom stereocenters. The molecule has 1 aromatic heterocycles. The van der Waals surface area contributed by atoms with Crippen LogP contribution in [0.2, 0.25) is 4.34 Å². The van der Waals surface area contributed by atoms with Crippen molar-refractivity contribution in [3.63, 3.8) is 0 Å². The number of hydrogen-bond acceptors (Lipinski definition) is 4. The molecule has 148 valence electrons. The van der Waals surface area contributed by atoms with Crippen LogP contribution in [0.25, 0.3) is 6.08 Å². The van der Waals surface area contributed by atoms with Crippen molar-refractivity contribution in [3.8, 4) is 0 Å². The van der Waals surface area contributed by atoms with Crippen LogP contribution in [-0.2, 0) is 21.4 Å². The highest BCUT2D eigenvalue weighted by molar-refractivity contribution is 7.89. The summed E-state index contributed by atoms with van der Waals surface area (Å²) in [5, 5.41) is 0. The molecule has 0 radical (unpaired) electrons. The molecule has 0 aliphatic heterocycles. The van der Waals surface area contributed by atoms with E-state index in [4.69, 9.17) is 11.6 Å². The molecule has 1 heterocycles. The number of halogens is 1. The molecule has 0 spiro atoms. The molecule has 1 N–H and O–H groups in total. The molecule has 1 aliphatic carbocycles. The Labute approximate surface area is 174 Å². The van der Waals surface area contributed by atoms with Gasteiger partial charge in [-0.1, -0.05) is 29.8 Å². The van der Waals surface area contributed by atoms with Gasteiger partial charge in [-0.15, -0.1) is 17.9 Å². The van der Waals surface area contributed by atoms with Crippen LogP contribution < -0.4 is 4.72 Å². The van der Waals surface area contributed by atoms with Crippen LogP contribution in [0.3, 0.4) is 0 Å². The van der Waals surface area contributed by atoms with E-state index in [1.165, 1.54) is 17.4 Å². The second kappa shape index (κ2) is 9.05. The van der Waals surface area contributed by atoms with E-state index < -0.39 is 10.0 Å². The summed E-state index contributed by atoms with van der Waals surface area (Å²) in [6, 6.07) is 10.2. The second-order valence-electron chi connectivity index (χ2n) is 6.51. The number of sulfonamides is 1. The molecule has 28 heavy (non-hydrogen) atoms. The number of carbonyl (C=O) groups excluding carboxylic acids is 1. The van der Waals surface area contributed by atoms with Crippen LogP contribution in [0.1, 0.15) is 23.3 Å². The Hall–Kier alpha value is -1.93. The minimum absolute atomic E-state index is 0.0660. The molecular formula is C20H21ClN2O3S2. The summed E-state index contributed by atoms with van der Waals surface area (Å²) in [6.07, 6.45) is 6.60. The fourth-order valence-corrected chi connectivity index (χ4v) is 4.94. The van der Waals surface area contributed by atoms with Gasteiger partial charge < -0.3 is 4.90 Å². The lowest BCUT2D eigenvalue weighted by Gasteiger charge is -2.18. The summed E-state index contributed by atoms with van der Waals surface area (Å²) in [7, 11) is -3.47. The van der Waals surface area contributed by atoms with Gasteiger partial charge in [0.2, 0.25) is 15.9 Å². The molecule has 1 amide bonds. The topological polar surface area (TPSA) is 66.5 Å². The SMILES string of the molecule is C=CCN(Cc1ccc(Cl)s1)C(=O)/C=C/c1ccc(S(=O)(=O)NC2CC2)cc1. The van der Waals surface area contributed by atoms with Gasteiger partial charge in [-0.2, -0.15) is 0 Å². The summed E-state index contributed by atoms with van der Waals surface area (Å²) in [5.41, 5.74) is 0.747. The van der Waals surface area contributed by atoms with Gasteiger partial charge in [-0.3, -0.25) is 4.79 Å². The first-order chi connectivity index (χ1) is 13.4. The lowest BCUT2D eigenvalue weighted by Crippen LogP contribution is -2.28. The first kappa shape index (κ1) is 20.8. The fraction of sp³-hybridized carbons (Fsp3) is 0.250. The number of nitrogens with zero attached hydrogens (tertiary/aromatic N) is 1. The van der Waals surface area contributed by atoms with Crippen molar-refractivity contribution in [1.29, 1.82) is 0 Å². The van der Waals surface area contributed by atoms with Gasteiger partial charge in [0.05, 0.1) is 15.8 Å². The fourth-order valence-electron chi connectivity index (χ4n) is 2.53. The van der Waals surface area contributed by atoms with Crippen molar-refractivity contribution in [1.82, 2.24) is 9.62 Å². The highest BCUT2D eigenvalue weighted by Crippen LogP contribution is 2.23. The van der Waals surface area contributed by atoms with Crippen molar-refractivity contribution in [2.24, 2.45) is 0 Å². The third-order valence-electron chi connectivity index (χ3n) is 4.14. The number of thiophene rings is 1. The molecule has 0 bridgehead atoms. The number of hydrogen-bond donors (Lipinski definition) is 1. The Morgan fingerprint density at radius 1 is 1.25 bits per heavy atom. The molecule has 8 heteroatoms. The zero-order valence-electron chi connectivity index (χ0n) is 15.2. The standard InChI is InChI=1S/C20H21ClN2O3S2/c1-2-13-23(14-17-8-11-19(21)27-17)20(24)12-5-15-3-9-18(10-4-15)28(25,26)22-16-6-7-16/h2-5,8-12,16,22H,1,6-7,13-14H2/b12-5+. The molecule has 1 saturated carbocycles. The first-order valence-electron chi connectivity index (χ1n) is 8.82. The summed E-state index contributed by atoms with van der Waals surface area (Å²) >= 11 is 7.39. The van der Waals surface area contributed by atoms with Crippen LogP contribution >= 0.6 is 22.9 Å². The predicted octanol–water partition coefficient (Wildman–Crippen LogP) is 4.07. The Morgan fingerprint density at radius 2 is 1.96 bits per heavy atom. The van der Waals surface area contributed by atoms with Gasteiger partial charge in [0.25, 0.3) is 0 Å². The van der Waals surface area contributed by atoms with E-state index >= 15 is 0 Å². The van der Waals surface area contributed by atoms with Gasteiger partial charge in [0.15, 0.2) is 0 Å². The van der Waals surface area contributed by atoms with E-state index in [1.807, 2.05) is 12.1 Å². The van der Waals surface area contributed by atoms with Crippen molar-refractivity contribution in [2.45, 2.75) is 30.3 Å². The number of nitrogens with one attached hydrogen (secondary N) is 1. The highest BCUT2D eigenvalue weighted by Gasteiger charge is 2.27. The van der Waals surface area contributed by atoms with Crippen molar-refractivity contribution in [2.75, 3.05) is 6.54 Å². The molecule has 0 unspecified atom stereocenters. The van der Waals surface area contributed by atoms with Gasteiger partial charge in [0, 0.05) is 23.5 Å². The Kier molecular flexibility index (Phi) is 6.72. The molecule has 1 aromatic carbocycles. The molecule has 1 fully saturated rings. The normalized spacial score (nSPS) is 14.3. The Balaban J connectivity index is 1.65. The third kappa shape index (κ3) is 5.78. The summed E-state index contributed by atoms with van der Waals surface area (Å²) in [5.74, 6) is -0.156. The maximum atomic E-state index is 12.5. The van der Waals surface area contributed by atoms with Gasteiger partial charge in [-0.05, 0) is 48.7 Å². The smallest absolute Gasteiger partial charge is 0.247 e. The average Bonchev–Trinajstić information content (AvgIpc) is 3.37. The molecule has 1 aliphatic rings. The van der Waals surface area contributed by atoms with E-state index in [0.29, 0.717) is 17.4 Å². The van der Waals surface area contributed by atoms with Crippen LogP contribution in [0, 0.1) is 0 Å². The average molecular weight is 437 g/mol. The molecule has 2 aromatic rings. The van der Waals surface area contributed by atoms with E-state index in [-0.39, 0.29) is 16.8 Å². The molecule has 5 nitrogen and oxygen atoms in total. The quantitative estimate of drug-likeness (QED) is 0.476. The van der Waals surface area contributed by atoms with Crippen molar-refractivity contribution >= 4 is 44.9 Å². The summed E-state index contributed by atoms with van der Waals surface area (Å²) in [6.45, 7) is 4.58. The number of rotatable bonds is 9. The largest absolute Gasteiger partial charge is 0.330 e. The van der Waals surface area contributed by atoms with E-state index in [2.05, 4.69) is 11.3 Å². The van der Waals surface area contributed by atoms with E-state index in [0.717, 1.165) is 23.3 Å². The summed E-state index contributed by atoms with van der Waals surface area (Å²) in [4.78, 5) is 15.4. The Morgan fingerprint density at radius 3 is 2.54 bits per heavy atom. The number of benzene rings is 1. The van der Waals surface area contributed by atoms with Crippen LogP contribution in [0.15, 0.2) is 60.0 Å². The lowest BCUT2D eigenvalue weighted by atomic mass is 10.2. The maximum absolute atomic E-state index is 12.5. The highest BCUT2D eigenvalue weighted by atomic mass is 35.5. The minimum Gasteiger partial charge on any atom is -0.330 e. The van der Waals surface area contributed by atoms with Crippen LogP contribution in [0.5, 0.6) is 0 Å². The van der Waals surface area contributed by atoms with Crippen molar-refractivity contribution < 1.29 is 13.2 Å². The monoisotopic (exact) mass is 436 g/mol. The molecule has 0 saturated heterocycles. The van der Waals surface area contributed by atoms with Gasteiger partial charge in [0.1, 0.15) is 0 Å². The first-order valence-corrected chi connectivity index (χ1v) is 11.5. The third-order valence-corrected chi connectivity index (χ3v) is 6.90. The lowest BCUT2D eigenvalue weighted by molar-refractivity contribution is -0.126. The zero-order valence-corrected chi connectivity index (χ0v) is 17.6. The summed E-state index contributed by atoms with van der Waals surface area (Å²) < 4.78 is 27.7. The van der Waals surface area contributed by atoms with Crippen molar-refractivity contribution in [3.05, 3.63) is 69.9 Å². The molecule has 3 rings (SSSR count). The van der Waals surface area contributed by atoms with E-state index in [9.17, 15) is 13.2 Å². The zero-order chi connectivity index (χ0) is 20.1.